The highest BCUT2D eigenvalue weighted by Gasteiger charge is 2.35. The highest BCUT2D eigenvalue weighted by molar-refractivity contribution is 9.10. The van der Waals surface area contributed by atoms with E-state index in [0.29, 0.717) is 49.0 Å². The Morgan fingerprint density at radius 2 is 1.64 bits per heavy atom. The van der Waals surface area contributed by atoms with Crippen molar-refractivity contribution in [3.05, 3.63) is 118 Å². The zero-order valence-corrected chi connectivity index (χ0v) is 25.9. The summed E-state index contributed by atoms with van der Waals surface area (Å²) >= 11 is 3.44. The molecule has 1 fully saturated rings. The van der Waals surface area contributed by atoms with Gasteiger partial charge in [-0.3, -0.25) is 0 Å². The van der Waals surface area contributed by atoms with Crippen molar-refractivity contribution in [2.24, 2.45) is 0 Å². The molecule has 11 heteroatoms. The van der Waals surface area contributed by atoms with E-state index in [1.54, 1.807) is 24.4 Å². The first kappa shape index (κ1) is 30.7. The third-order valence-electron chi connectivity index (χ3n) is 8.12. The van der Waals surface area contributed by atoms with Crippen LogP contribution in [0.3, 0.4) is 0 Å². The minimum atomic E-state index is -4.51. The molecule has 0 bridgehead atoms. The van der Waals surface area contributed by atoms with Crippen LogP contribution in [-0.2, 0) is 11.8 Å². The van der Waals surface area contributed by atoms with E-state index in [0.717, 1.165) is 27.7 Å². The molecule has 0 amide bonds. The second-order valence-corrected chi connectivity index (χ2v) is 12.0. The molecule has 1 atom stereocenters. The molecule has 0 unspecified atom stereocenters. The zero-order chi connectivity index (χ0) is 31.6. The van der Waals surface area contributed by atoms with Gasteiger partial charge in [0.2, 0.25) is 5.95 Å². The SMILES string of the molecule is C[C@H](Nc1nccc(-c2cc(N3CCC(O)(c4ccc(Br)cc4)CC3)nnc2-c2cccc(C(F)(F)F)c2)n1)c1ccccc1. The van der Waals surface area contributed by atoms with Crippen molar-refractivity contribution in [1.82, 2.24) is 20.2 Å². The van der Waals surface area contributed by atoms with E-state index in [-0.39, 0.29) is 17.3 Å². The second-order valence-electron chi connectivity index (χ2n) is 11.1. The van der Waals surface area contributed by atoms with E-state index in [4.69, 9.17) is 4.98 Å². The first-order valence-corrected chi connectivity index (χ1v) is 15.3. The summed E-state index contributed by atoms with van der Waals surface area (Å²) in [5.41, 5.74) is 1.70. The molecule has 3 heterocycles. The fraction of sp³-hybridized carbons (Fsp3) is 0.235. The van der Waals surface area contributed by atoms with Crippen molar-refractivity contribution in [2.75, 3.05) is 23.3 Å². The van der Waals surface area contributed by atoms with Gasteiger partial charge in [0, 0.05) is 34.9 Å². The van der Waals surface area contributed by atoms with Crippen LogP contribution in [0.5, 0.6) is 0 Å². The van der Waals surface area contributed by atoms with Crippen LogP contribution in [0.15, 0.2) is 102 Å². The van der Waals surface area contributed by atoms with Gasteiger partial charge in [0.25, 0.3) is 0 Å². The molecule has 1 saturated heterocycles. The molecule has 0 aliphatic carbocycles. The van der Waals surface area contributed by atoms with Gasteiger partial charge >= 0.3 is 6.18 Å². The van der Waals surface area contributed by atoms with E-state index < -0.39 is 17.3 Å². The molecule has 45 heavy (non-hydrogen) atoms. The molecular weight excluding hydrogens is 645 g/mol. The van der Waals surface area contributed by atoms with Crippen molar-refractivity contribution in [1.29, 1.82) is 0 Å². The quantitative estimate of drug-likeness (QED) is 0.181. The number of hydrogen-bond acceptors (Lipinski definition) is 7. The van der Waals surface area contributed by atoms with Gasteiger partial charge in [-0.2, -0.15) is 13.2 Å². The number of aliphatic hydroxyl groups is 1. The Morgan fingerprint density at radius 1 is 0.911 bits per heavy atom. The third kappa shape index (κ3) is 6.84. The van der Waals surface area contributed by atoms with Crippen molar-refractivity contribution in [3.8, 4) is 22.5 Å². The predicted octanol–water partition coefficient (Wildman–Crippen LogP) is 8.04. The van der Waals surface area contributed by atoms with Gasteiger partial charge in [0.1, 0.15) is 5.69 Å². The van der Waals surface area contributed by atoms with E-state index >= 15 is 0 Å². The average molecular weight is 676 g/mol. The highest BCUT2D eigenvalue weighted by atomic mass is 79.9. The summed E-state index contributed by atoms with van der Waals surface area (Å²) in [4.78, 5) is 11.2. The largest absolute Gasteiger partial charge is 0.416 e. The third-order valence-corrected chi connectivity index (χ3v) is 8.65. The van der Waals surface area contributed by atoms with Crippen LogP contribution in [-0.4, -0.2) is 38.4 Å². The van der Waals surface area contributed by atoms with E-state index in [1.807, 2.05) is 66.4 Å². The van der Waals surface area contributed by atoms with Crippen molar-refractivity contribution in [2.45, 2.75) is 37.6 Å². The summed E-state index contributed by atoms with van der Waals surface area (Å²) in [5.74, 6) is 0.916. The van der Waals surface area contributed by atoms with Gasteiger partial charge < -0.3 is 15.3 Å². The molecule has 0 radical (unpaired) electrons. The number of anilines is 2. The van der Waals surface area contributed by atoms with Crippen LogP contribution in [0.25, 0.3) is 22.5 Å². The van der Waals surface area contributed by atoms with E-state index in [9.17, 15) is 18.3 Å². The number of aromatic nitrogens is 4. The summed E-state index contributed by atoms with van der Waals surface area (Å²) in [6.45, 7) is 3.01. The van der Waals surface area contributed by atoms with Crippen LogP contribution in [0.2, 0.25) is 0 Å². The lowest BCUT2D eigenvalue weighted by molar-refractivity contribution is -0.137. The Labute approximate surface area is 267 Å². The van der Waals surface area contributed by atoms with E-state index in [2.05, 4.69) is 36.4 Å². The van der Waals surface area contributed by atoms with Crippen molar-refractivity contribution < 1.29 is 18.3 Å². The van der Waals surface area contributed by atoms with Crippen LogP contribution in [0.4, 0.5) is 24.9 Å². The first-order chi connectivity index (χ1) is 21.6. The van der Waals surface area contributed by atoms with Gasteiger partial charge in [-0.15, -0.1) is 10.2 Å². The highest BCUT2D eigenvalue weighted by Crippen LogP contribution is 2.38. The molecule has 0 saturated carbocycles. The summed E-state index contributed by atoms with van der Waals surface area (Å²) in [6.07, 6.45) is -1.96. The molecule has 1 aliphatic rings. The lowest BCUT2D eigenvalue weighted by Gasteiger charge is -2.39. The number of nitrogens with one attached hydrogen (secondary N) is 1. The first-order valence-electron chi connectivity index (χ1n) is 14.5. The normalized spacial score (nSPS) is 15.5. The van der Waals surface area contributed by atoms with Gasteiger partial charge in [0.15, 0.2) is 5.82 Å². The maximum Gasteiger partial charge on any atom is 0.416 e. The summed E-state index contributed by atoms with van der Waals surface area (Å²) in [6, 6.07) is 26.0. The molecule has 5 aromatic rings. The lowest BCUT2D eigenvalue weighted by atomic mass is 9.84. The Bertz CT molecular complexity index is 1780. The van der Waals surface area contributed by atoms with Crippen LogP contribution >= 0.6 is 15.9 Å². The van der Waals surface area contributed by atoms with E-state index in [1.165, 1.54) is 6.07 Å². The van der Waals surface area contributed by atoms with Crippen molar-refractivity contribution >= 4 is 27.7 Å². The molecule has 0 spiro atoms. The van der Waals surface area contributed by atoms with Gasteiger partial charge in [-0.25, -0.2) is 9.97 Å². The minimum Gasteiger partial charge on any atom is -0.385 e. The van der Waals surface area contributed by atoms with Crippen molar-refractivity contribution in [3.63, 3.8) is 0 Å². The van der Waals surface area contributed by atoms with Crippen LogP contribution < -0.4 is 10.2 Å². The van der Waals surface area contributed by atoms with Gasteiger partial charge in [-0.05, 0) is 67.3 Å². The Balaban J connectivity index is 1.34. The fourth-order valence-corrected chi connectivity index (χ4v) is 5.80. The minimum absolute atomic E-state index is 0.0895. The molecule has 230 valence electrons. The molecular formula is C34H30BrF3N6O. The summed E-state index contributed by atoms with van der Waals surface area (Å²) < 4.78 is 41.9. The number of alkyl halides is 3. The zero-order valence-electron chi connectivity index (χ0n) is 24.3. The topological polar surface area (TPSA) is 87.1 Å². The average Bonchev–Trinajstić information content (AvgIpc) is 3.05. The number of nitrogens with zero attached hydrogens (tertiary/aromatic N) is 5. The predicted molar refractivity (Wildman–Crippen MR) is 171 cm³/mol. The number of hydrogen-bond donors (Lipinski definition) is 2. The van der Waals surface area contributed by atoms with Gasteiger partial charge in [-0.1, -0.05) is 70.5 Å². The number of piperidine rings is 1. The maximum atomic E-state index is 13.6. The Hall–Kier alpha value is -4.35. The maximum absolute atomic E-state index is 13.6. The Morgan fingerprint density at radius 3 is 2.36 bits per heavy atom. The fourth-order valence-electron chi connectivity index (χ4n) is 5.54. The number of rotatable bonds is 7. The monoisotopic (exact) mass is 674 g/mol. The molecule has 7 nitrogen and oxygen atoms in total. The van der Waals surface area contributed by atoms with Crippen LogP contribution in [0, 0.1) is 0 Å². The molecule has 6 rings (SSSR count). The van der Waals surface area contributed by atoms with Crippen LogP contribution in [0.1, 0.15) is 42.5 Å². The number of benzene rings is 3. The number of halogens is 4. The Kier molecular flexibility index (Phi) is 8.56. The molecule has 1 aliphatic heterocycles. The molecule has 3 aromatic carbocycles. The second kappa shape index (κ2) is 12.6. The molecule has 2 aromatic heterocycles. The molecule has 2 N–H and O–H groups in total. The van der Waals surface area contributed by atoms with Gasteiger partial charge in [0.05, 0.1) is 22.9 Å². The standard InChI is InChI=1S/C34H30BrF3N6O/c1-22(23-6-3-2-4-7-23)40-32-39-17-14-29(41-32)28-21-30(42-43-31(28)24-8-5-9-26(20-24)34(36,37)38)44-18-15-33(45,16-19-44)25-10-12-27(35)13-11-25/h2-14,17,20-22,45H,15-16,18-19H2,1H3,(H,39,40,41)/t22-/m0/s1. The lowest BCUT2D eigenvalue weighted by Crippen LogP contribution is -2.43. The summed E-state index contributed by atoms with van der Waals surface area (Å²) in [5, 5.41) is 23.6. The smallest absolute Gasteiger partial charge is 0.385 e. The summed E-state index contributed by atoms with van der Waals surface area (Å²) in [7, 11) is 0.